The number of halogens is 1. The van der Waals surface area contributed by atoms with Crippen LogP contribution in [0.25, 0.3) is 0 Å². The quantitative estimate of drug-likeness (QED) is 0.693. The van der Waals surface area contributed by atoms with Gasteiger partial charge < -0.3 is 5.32 Å². The summed E-state index contributed by atoms with van der Waals surface area (Å²) in [6.07, 6.45) is 3.09. The van der Waals surface area contributed by atoms with Crippen molar-refractivity contribution in [3.63, 3.8) is 0 Å². The predicted molar refractivity (Wildman–Crippen MR) is 108 cm³/mol. The Bertz CT molecular complexity index is 972. The van der Waals surface area contributed by atoms with E-state index in [0.29, 0.717) is 11.3 Å². The topological polar surface area (TPSA) is 88.1 Å². The molecular formula is C20H20FN5O2S. The van der Waals surface area contributed by atoms with E-state index < -0.39 is 23.3 Å². The molecule has 1 N–H and O–H groups in total. The van der Waals surface area contributed by atoms with Gasteiger partial charge >= 0.3 is 0 Å². The highest BCUT2D eigenvalue weighted by Crippen LogP contribution is 2.30. The van der Waals surface area contributed by atoms with E-state index in [0.717, 1.165) is 11.5 Å². The third-order valence-corrected chi connectivity index (χ3v) is 4.43. The second-order valence-corrected chi connectivity index (χ2v) is 7.97. The lowest BCUT2D eigenvalue weighted by atomic mass is 10.0. The van der Waals surface area contributed by atoms with Gasteiger partial charge in [-0.25, -0.2) is 4.39 Å². The van der Waals surface area contributed by atoms with Gasteiger partial charge in [0.25, 0.3) is 5.91 Å². The average Bonchev–Trinajstić information content (AvgIpc) is 3.20. The van der Waals surface area contributed by atoms with Crippen LogP contribution in [0.3, 0.4) is 0 Å². The Morgan fingerprint density at radius 1 is 1.10 bits per heavy atom. The zero-order chi connectivity index (χ0) is 21.0. The first-order valence-electron chi connectivity index (χ1n) is 8.84. The van der Waals surface area contributed by atoms with Crippen LogP contribution in [0.1, 0.15) is 42.9 Å². The van der Waals surface area contributed by atoms with Crippen LogP contribution in [0.15, 0.2) is 54.2 Å². The minimum absolute atomic E-state index is 0.0990. The number of carbonyl (C=O) groups is 2. The van der Waals surface area contributed by atoms with Crippen LogP contribution >= 0.6 is 11.5 Å². The Kier molecular flexibility index (Phi) is 5.97. The molecule has 3 rings (SSSR count). The predicted octanol–water partition coefficient (Wildman–Crippen LogP) is 3.38. The summed E-state index contributed by atoms with van der Waals surface area (Å²) in [7, 11) is 0. The highest BCUT2D eigenvalue weighted by molar-refractivity contribution is 7.03. The van der Waals surface area contributed by atoms with E-state index in [1.165, 1.54) is 34.5 Å². The first kappa shape index (κ1) is 20.5. The fourth-order valence-corrected chi connectivity index (χ4v) is 3.20. The van der Waals surface area contributed by atoms with Gasteiger partial charge in [0.15, 0.2) is 5.69 Å². The van der Waals surface area contributed by atoms with E-state index in [4.69, 9.17) is 0 Å². The fraction of sp³-hybridized carbons (Fsp3) is 0.250. The highest BCUT2D eigenvalue weighted by atomic mass is 32.1. The molecule has 0 aliphatic rings. The largest absolute Gasteiger partial charge is 0.349 e. The molecule has 0 radical (unpaired) electrons. The second kappa shape index (κ2) is 8.44. The molecule has 0 bridgehead atoms. The van der Waals surface area contributed by atoms with Crippen LogP contribution in [-0.4, -0.2) is 31.9 Å². The van der Waals surface area contributed by atoms with Crippen LogP contribution < -0.4 is 10.2 Å². The van der Waals surface area contributed by atoms with Crippen molar-refractivity contribution in [3.05, 3.63) is 71.2 Å². The number of nitrogens with zero attached hydrogens (tertiary/aromatic N) is 4. The summed E-state index contributed by atoms with van der Waals surface area (Å²) in [5.41, 5.74) is 0.488. The monoisotopic (exact) mass is 413 g/mol. The van der Waals surface area contributed by atoms with E-state index in [9.17, 15) is 14.0 Å². The summed E-state index contributed by atoms with van der Waals surface area (Å²) >= 11 is 1.03. The van der Waals surface area contributed by atoms with E-state index in [1.807, 2.05) is 20.8 Å². The molecule has 0 unspecified atom stereocenters. The van der Waals surface area contributed by atoms with E-state index >= 15 is 0 Å². The molecule has 2 amide bonds. The van der Waals surface area contributed by atoms with Crippen molar-refractivity contribution >= 4 is 29.0 Å². The number of hydrogen-bond acceptors (Lipinski definition) is 6. The van der Waals surface area contributed by atoms with Gasteiger partial charge in [-0.1, -0.05) is 4.49 Å². The lowest BCUT2D eigenvalue weighted by Crippen LogP contribution is -2.49. The van der Waals surface area contributed by atoms with Gasteiger partial charge in [-0.15, -0.1) is 5.10 Å². The zero-order valence-electron chi connectivity index (χ0n) is 16.2. The number of aromatic nitrogens is 3. The third-order valence-electron chi connectivity index (χ3n) is 3.93. The van der Waals surface area contributed by atoms with Crippen LogP contribution in [0.4, 0.5) is 10.1 Å². The van der Waals surface area contributed by atoms with Crippen LogP contribution in [0.2, 0.25) is 0 Å². The number of benzene rings is 1. The Labute approximate surface area is 171 Å². The van der Waals surface area contributed by atoms with E-state index in [2.05, 4.69) is 19.9 Å². The van der Waals surface area contributed by atoms with Gasteiger partial charge in [-0.2, -0.15) is 0 Å². The summed E-state index contributed by atoms with van der Waals surface area (Å²) in [6, 6.07) is 7.68. The van der Waals surface area contributed by atoms with Gasteiger partial charge in [0.05, 0.1) is 0 Å². The maximum Gasteiger partial charge on any atom is 0.280 e. The molecule has 3 aromatic rings. The molecule has 0 saturated heterocycles. The van der Waals surface area contributed by atoms with Gasteiger partial charge in [0.1, 0.15) is 11.9 Å². The SMILES string of the molecule is CC(C)(C)NC(=O)[C@@H](c1ccncc1)N(C(=O)c1csnn1)c1ccc(F)cc1. The van der Waals surface area contributed by atoms with Crippen molar-refractivity contribution < 1.29 is 14.0 Å². The molecule has 150 valence electrons. The van der Waals surface area contributed by atoms with Crippen LogP contribution in [-0.2, 0) is 4.79 Å². The molecule has 0 aliphatic carbocycles. The molecule has 1 atom stereocenters. The summed E-state index contributed by atoms with van der Waals surface area (Å²) in [4.78, 5) is 31.9. The molecule has 0 spiro atoms. The molecule has 0 aliphatic heterocycles. The van der Waals surface area contributed by atoms with Crippen molar-refractivity contribution in [1.29, 1.82) is 0 Å². The van der Waals surface area contributed by atoms with Gasteiger partial charge in [-0.3, -0.25) is 19.5 Å². The standard InChI is InChI=1S/C20H20FN5O2S/c1-20(2,3)23-18(27)17(13-8-10-22-11-9-13)26(15-6-4-14(21)5-7-15)19(28)16-12-29-25-24-16/h4-12,17H,1-3H3,(H,23,27)/t17-/m1/s1. The van der Waals surface area contributed by atoms with Gasteiger partial charge in [0, 0.05) is 29.0 Å². The Hall–Kier alpha value is -3.20. The van der Waals surface area contributed by atoms with Crippen LogP contribution in [0.5, 0.6) is 0 Å². The number of nitrogens with one attached hydrogen (secondary N) is 1. The zero-order valence-corrected chi connectivity index (χ0v) is 17.0. The minimum Gasteiger partial charge on any atom is -0.349 e. The van der Waals surface area contributed by atoms with Gasteiger partial charge in [-0.05, 0) is 74.3 Å². The van der Waals surface area contributed by atoms with Crippen molar-refractivity contribution in [3.8, 4) is 0 Å². The van der Waals surface area contributed by atoms with Crippen LogP contribution in [0, 0.1) is 5.82 Å². The lowest BCUT2D eigenvalue weighted by Gasteiger charge is -2.33. The Morgan fingerprint density at radius 3 is 2.31 bits per heavy atom. The molecule has 2 aromatic heterocycles. The third kappa shape index (κ3) is 5.00. The number of hydrogen-bond donors (Lipinski definition) is 1. The van der Waals surface area contributed by atoms with Crippen molar-refractivity contribution in [2.45, 2.75) is 32.4 Å². The molecule has 0 fully saturated rings. The van der Waals surface area contributed by atoms with Crippen molar-refractivity contribution in [2.75, 3.05) is 4.90 Å². The van der Waals surface area contributed by atoms with E-state index in [-0.39, 0.29) is 11.6 Å². The smallest absolute Gasteiger partial charge is 0.280 e. The van der Waals surface area contributed by atoms with E-state index in [1.54, 1.807) is 24.5 Å². The summed E-state index contributed by atoms with van der Waals surface area (Å²) < 4.78 is 17.3. The minimum atomic E-state index is -1.02. The molecule has 2 heterocycles. The van der Waals surface area contributed by atoms with Gasteiger partial charge in [0.2, 0.25) is 5.91 Å². The molecular weight excluding hydrogens is 393 g/mol. The Balaban J connectivity index is 2.15. The molecule has 7 nitrogen and oxygen atoms in total. The average molecular weight is 413 g/mol. The number of carbonyl (C=O) groups excluding carboxylic acids is 2. The molecule has 29 heavy (non-hydrogen) atoms. The number of pyridine rings is 1. The number of amides is 2. The second-order valence-electron chi connectivity index (χ2n) is 7.36. The first-order valence-corrected chi connectivity index (χ1v) is 9.68. The lowest BCUT2D eigenvalue weighted by molar-refractivity contribution is -0.123. The normalized spacial score (nSPS) is 12.3. The Morgan fingerprint density at radius 2 is 1.76 bits per heavy atom. The molecule has 0 saturated carbocycles. The summed E-state index contributed by atoms with van der Waals surface area (Å²) in [5.74, 6) is -1.35. The van der Waals surface area contributed by atoms with Crippen molar-refractivity contribution in [1.82, 2.24) is 19.9 Å². The van der Waals surface area contributed by atoms with Crippen molar-refractivity contribution in [2.24, 2.45) is 0 Å². The maximum atomic E-state index is 13.5. The summed E-state index contributed by atoms with van der Waals surface area (Å²) in [5, 5.41) is 8.27. The molecule has 9 heteroatoms. The fourth-order valence-electron chi connectivity index (χ4n) is 2.77. The number of anilines is 1. The highest BCUT2D eigenvalue weighted by Gasteiger charge is 2.35. The summed E-state index contributed by atoms with van der Waals surface area (Å²) in [6.45, 7) is 5.55. The number of rotatable bonds is 5. The maximum absolute atomic E-state index is 13.5. The first-order chi connectivity index (χ1) is 13.8. The molecule has 1 aromatic carbocycles.